The summed E-state index contributed by atoms with van der Waals surface area (Å²) in [5.41, 5.74) is 10.0. The van der Waals surface area contributed by atoms with Crippen LogP contribution >= 0.6 is 0 Å². The average molecular weight is 253 g/mol. The molecule has 0 radical (unpaired) electrons. The van der Waals surface area contributed by atoms with Gasteiger partial charge in [-0.15, -0.1) is 0 Å². The molecule has 2 heterocycles. The molecule has 3 nitrogen and oxygen atoms in total. The summed E-state index contributed by atoms with van der Waals surface area (Å²) in [5, 5.41) is 0. The molecule has 1 aliphatic rings. The van der Waals surface area contributed by atoms with Crippen molar-refractivity contribution in [1.29, 1.82) is 0 Å². The zero-order valence-electron chi connectivity index (χ0n) is 11.0. The van der Waals surface area contributed by atoms with Crippen LogP contribution in [0.3, 0.4) is 0 Å². The SMILES string of the molecule is NCC(c1ccncc1)N1CCCc2ccccc21. The van der Waals surface area contributed by atoms with Crippen LogP contribution in [0.2, 0.25) is 0 Å². The lowest BCUT2D eigenvalue weighted by Gasteiger charge is -2.37. The van der Waals surface area contributed by atoms with E-state index in [1.165, 1.54) is 29.7 Å². The van der Waals surface area contributed by atoms with Gasteiger partial charge in [0.05, 0.1) is 6.04 Å². The van der Waals surface area contributed by atoms with Gasteiger partial charge in [0.15, 0.2) is 0 Å². The van der Waals surface area contributed by atoms with E-state index in [0.717, 1.165) is 6.54 Å². The number of aryl methyl sites for hydroxylation is 1. The summed E-state index contributed by atoms with van der Waals surface area (Å²) in [5.74, 6) is 0. The largest absolute Gasteiger partial charge is 0.363 e. The summed E-state index contributed by atoms with van der Waals surface area (Å²) < 4.78 is 0. The predicted octanol–water partition coefficient (Wildman–Crippen LogP) is 2.53. The molecule has 1 aromatic heterocycles. The van der Waals surface area contributed by atoms with Gasteiger partial charge in [0.25, 0.3) is 0 Å². The quantitative estimate of drug-likeness (QED) is 0.914. The first-order valence-electron chi connectivity index (χ1n) is 6.84. The molecule has 1 aliphatic heterocycles. The maximum atomic E-state index is 6.03. The first-order chi connectivity index (χ1) is 9.40. The highest BCUT2D eigenvalue weighted by Crippen LogP contribution is 2.33. The van der Waals surface area contributed by atoms with E-state index < -0.39 is 0 Å². The third kappa shape index (κ3) is 2.34. The van der Waals surface area contributed by atoms with Crippen molar-refractivity contribution >= 4 is 5.69 Å². The van der Waals surface area contributed by atoms with Crippen molar-refractivity contribution in [3.8, 4) is 0 Å². The Morgan fingerprint density at radius 2 is 1.95 bits per heavy atom. The number of pyridine rings is 1. The van der Waals surface area contributed by atoms with Gasteiger partial charge in [0, 0.05) is 31.2 Å². The number of fused-ring (bicyclic) bond motifs is 1. The molecular formula is C16H19N3. The van der Waals surface area contributed by atoms with Crippen LogP contribution in [0.5, 0.6) is 0 Å². The second-order valence-electron chi connectivity index (χ2n) is 4.96. The van der Waals surface area contributed by atoms with Gasteiger partial charge in [-0.2, -0.15) is 0 Å². The molecule has 0 bridgehead atoms. The number of rotatable bonds is 3. The number of benzene rings is 1. The maximum Gasteiger partial charge on any atom is 0.0665 e. The van der Waals surface area contributed by atoms with Gasteiger partial charge < -0.3 is 10.6 Å². The van der Waals surface area contributed by atoms with Crippen molar-refractivity contribution in [2.24, 2.45) is 5.73 Å². The second-order valence-corrected chi connectivity index (χ2v) is 4.96. The van der Waals surface area contributed by atoms with E-state index in [2.05, 4.69) is 46.3 Å². The van der Waals surface area contributed by atoms with E-state index in [-0.39, 0.29) is 6.04 Å². The monoisotopic (exact) mass is 253 g/mol. The summed E-state index contributed by atoms with van der Waals surface area (Å²) in [6.07, 6.45) is 6.04. The molecule has 19 heavy (non-hydrogen) atoms. The van der Waals surface area contributed by atoms with Crippen LogP contribution < -0.4 is 10.6 Å². The van der Waals surface area contributed by atoms with Gasteiger partial charge in [0.2, 0.25) is 0 Å². The van der Waals surface area contributed by atoms with Crippen LogP contribution in [0, 0.1) is 0 Å². The summed E-state index contributed by atoms with van der Waals surface area (Å²) in [6, 6.07) is 13.0. The molecule has 1 atom stereocenters. The van der Waals surface area contributed by atoms with Crippen LogP contribution in [-0.2, 0) is 6.42 Å². The molecule has 3 heteroatoms. The van der Waals surface area contributed by atoms with Gasteiger partial charge in [-0.1, -0.05) is 18.2 Å². The number of aromatic nitrogens is 1. The Kier molecular flexibility index (Phi) is 3.47. The second kappa shape index (κ2) is 5.41. The number of para-hydroxylation sites is 1. The van der Waals surface area contributed by atoms with Crippen molar-refractivity contribution in [1.82, 2.24) is 4.98 Å². The van der Waals surface area contributed by atoms with Crippen LogP contribution in [-0.4, -0.2) is 18.1 Å². The van der Waals surface area contributed by atoms with Gasteiger partial charge in [-0.05, 0) is 42.2 Å². The van der Waals surface area contributed by atoms with Crippen molar-refractivity contribution in [2.75, 3.05) is 18.0 Å². The first-order valence-corrected chi connectivity index (χ1v) is 6.84. The number of anilines is 1. The van der Waals surface area contributed by atoms with E-state index in [1.54, 1.807) is 0 Å². The Labute approximate surface area is 114 Å². The molecular weight excluding hydrogens is 234 g/mol. The lowest BCUT2D eigenvalue weighted by atomic mass is 9.97. The van der Waals surface area contributed by atoms with Crippen LogP contribution in [0.25, 0.3) is 0 Å². The Hall–Kier alpha value is -1.87. The molecule has 0 spiro atoms. The van der Waals surface area contributed by atoms with Crippen LogP contribution in [0.1, 0.15) is 23.6 Å². The minimum absolute atomic E-state index is 0.240. The van der Waals surface area contributed by atoms with Gasteiger partial charge in [-0.25, -0.2) is 0 Å². The molecule has 0 fully saturated rings. The molecule has 98 valence electrons. The lowest BCUT2D eigenvalue weighted by Crippen LogP contribution is -2.37. The Morgan fingerprint density at radius 3 is 2.74 bits per heavy atom. The Morgan fingerprint density at radius 1 is 1.16 bits per heavy atom. The van der Waals surface area contributed by atoms with E-state index in [0.29, 0.717) is 6.54 Å². The van der Waals surface area contributed by atoms with Crippen LogP contribution in [0.4, 0.5) is 5.69 Å². The van der Waals surface area contributed by atoms with Crippen molar-refractivity contribution in [3.05, 3.63) is 59.9 Å². The van der Waals surface area contributed by atoms with E-state index >= 15 is 0 Å². The molecule has 0 saturated heterocycles. The summed E-state index contributed by atoms with van der Waals surface area (Å²) in [4.78, 5) is 6.53. The van der Waals surface area contributed by atoms with Crippen molar-refractivity contribution in [2.45, 2.75) is 18.9 Å². The standard InChI is InChI=1S/C16H19N3/c17-12-16(14-7-9-18-10-8-14)19-11-3-5-13-4-1-2-6-15(13)19/h1-2,4,6-10,16H,3,5,11-12,17H2. The van der Waals surface area contributed by atoms with E-state index in [4.69, 9.17) is 5.73 Å². The predicted molar refractivity (Wildman–Crippen MR) is 78.1 cm³/mol. The van der Waals surface area contributed by atoms with Gasteiger partial charge in [-0.3, -0.25) is 4.98 Å². The number of hydrogen-bond acceptors (Lipinski definition) is 3. The molecule has 2 N–H and O–H groups in total. The molecule has 1 aromatic carbocycles. The number of nitrogens with two attached hydrogens (primary N) is 1. The van der Waals surface area contributed by atoms with Gasteiger partial charge >= 0.3 is 0 Å². The minimum atomic E-state index is 0.240. The fraction of sp³-hybridized carbons (Fsp3) is 0.312. The highest BCUT2D eigenvalue weighted by Gasteiger charge is 2.24. The molecule has 1 unspecified atom stereocenters. The number of nitrogens with zero attached hydrogens (tertiary/aromatic N) is 2. The maximum absolute atomic E-state index is 6.03. The summed E-state index contributed by atoms with van der Waals surface area (Å²) in [6.45, 7) is 1.69. The van der Waals surface area contributed by atoms with Gasteiger partial charge in [0.1, 0.15) is 0 Å². The van der Waals surface area contributed by atoms with Crippen molar-refractivity contribution in [3.63, 3.8) is 0 Å². The number of hydrogen-bond donors (Lipinski definition) is 1. The highest BCUT2D eigenvalue weighted by molar-refractivity contribution is 5.57. The lowest BCUT2D eigenvalue weighted by molar-refractivity contribution is 0.587. The van der Waals surface area contributed by atoms with E-state index in [1.807, 2.05) is 12.4 Å². The normalized spacial score (nSPS) is 15.9. The third-order valence-corrected chi connectivity index (χ3v) is 3.84. The molecule has 0 saturated carbocycles. The zero-order valence-corrected chi connectivity index (χ0v) is 11.0. The molecule has 2 aromatic rings. The fourth-order valence-corrected chi connectivity index (χ4v) is 2.92. The Balaban J connectivity index is 1.97. The minimum Gasteiger partial charge on any atom is -0.363 e. The third-order valence-electron chi connectivity index (χ3n) is 3.84. The molecule has 3 rings (SSSR count). The first kappa shape index (κ1) is 12.2. The summed E-state index contributed by atoms with van der Waals surface area (Å²) in [7, 11) is 0. The Bertz CT molecular complexity index is 539. The highest BCUT2D eigenvalue weighted by atomic mass is 15.2. The summed E-state index contributed by atoms with van der Waals surface area (Å²) >= 11 is 0. The molecule has 0 amide bonds. The topological polar surface area (TPSA) is 42.1 Å². The molecule has 0 aliphatic carbocycles. The van der Waals surface area contributed by atoms with Crippen molar-refractivity contribution < 1.29 is 0 Å². The average Bonchev–Trinajstić information content (AvgIpc) is 2.49. The smallest absolute Gasteiger partial charge is 0.0665 e. The van der Waals surface area contributed by atoms with E-state index in [9.17, 15) is 0 Å². The fourth-order valence-electron chi connectivity index (χ4n) is 2.92. The van der Waals surface area contributed by atoms with Crippen LogP contribution in [0.15, 0.2) is 48.8 Å². The zero-order chi connectivity index (χ0) is 13.1.